The quantitative estimate of drug-likeness (QED) is 0.471. The Hall–Kier alpha value is -2.25. The Kier molecular flexibility index (Phi) is 10.3. The van der Waals surface area contributed by atoms with Crippen LogP contribution >= 0.6 is 0 Å². The Morgan fingerprint density at radius 3 is 2.37 bits per heavy atom. The number of nitrogens with two attached hydrogens (primary N) is 2. The number of hydrogen-bond acceptors (Lipinski definition) is 6. The van der Waals surface area contributed by atoms with Gasteiger partial charge in [0.25, 0.3) is 0 Å². The summed E-state index contributed by atoms with van der Waals surface area (Å²) in [6, 6.07) is 7.12. The third-order valence-corrected chi connectivity index (χ3v) is 4.06. The van der Waals surface area contributed by atoms with Crippen LogP contribution in [-0.2, 0) is 25.7 Å². The van der Waals surface area contributed by atoms with Gasteiger partial charge in [-0.1, -0.05) is 44.2 Å². The zero-order chi connectivity index (χ0) is 20.2. The van der Waals surface area contributed by atoms with Gasteiger partial charge in [-0.05, 0) is 37.2 Å². The Balaban J connectivity index is 2.31. The Morgan fingerprint density at radius 2 is 1.78 bits per heavy atom. The minimum Gasteiger partial charge on any atom is -0.460 e. The summed E-state index contributed by atoms with van der Waals surface area (Å²) in [7, 11) is 0. The largest absolute Gasteiger partial charge is 0.460 e. The third kappa shape index (κ3) is 9.30. The van der Waals surface area contributed by atoms with E-state index in [0.717, 1.165) is 5.56 Å². The predicted octanol–water partition coefficient (Wildman–Crippen LogP) is 1.20. The molecule has 0 saturated carbocycles. The van der Waals surface area contributed by atoms with Crippen LogP contribution in [0.2, 0.25) is 0 Å². The molecule has 0 bridgehead atoms. The van der Waals surface area contributed by atoms with Crippen molar-refractivity contribution in [1.29, 1.82) is 0 Å². The molecule has 1 unspecified atom stereocenters. The van der Waals surface area contributed by atoms with Crippen molar-refractivity contribution >= 4 is 18.2 Å². The SMILES string of the molecule is CC(C)C[C@H](N)C(=O)N[C@H]([C]=O)CCCC(N)C(=O)OCc1ccccc1. The first kappa shape index (κ1) is 22.8. The highest BCUT2D eigenvalue weighted by atomic mass is 16.5. The lowest BCUT2D eigenvalue weighted by Gasteiger charge is -2.18. The van der Waals surface area contributed by atoms with Crippen molar-refractivity contribution in [1.82, 2.24) is 5.32 Å². The van der Waals surface area contributed by atoms with Gasteiger partial charge in [0.1, 0.15) is 12.6 Å². The summed E-state index contributed by atoms with van der Waals surface area (Å²) in [6.45, 7) is 4.10. The summed E-state index contributed by atoms with van der Waals surface area (Å²) in [6.07, 6.45) is 3.49. The normalized spacial score (nSPS) is 14.3. The second-order valence-corrected chi connectivity index (χ2v) is 7.05. The van der Waals surface area contributed by atoms with E-state index in [1.807, 2.05) is 44.2 Å². The first-order valence-electron chi connectivity index (χ1n) is 9.23. The number of nitrogens with one attached hydrogen (secondary N) is 1. The van der Waals surface area contributed by atoms with Gasteiger partial charge < -0.3 is 21.5 Å². The fourth-order valence-electron chi connectivity index (χ4n) is 2.55. The molecular formula is C20H30N3O4. The van der Waals surface area contributed by atoms with Gasteiger partial charge in [-0.3, -0.25) is 14.4 Å². The molecule has 149 valence electrons. The summed E-state index contributed by atoms with van der Waals surface area (Å²) in [5.74, 6) is -0.582. The van der Waals surface area contributed by atoms with Crippen LogP contribution in [0.1, 0.15) is 45.1 Å². The van der Waals surface area contributed by atoms with Crippen molar-refractivity contribution in [2.75, 3.05) is 0 Å². The molecule has 0 heterocycles. The number of ether oxygens (including phenoxy) is 1. The molecule has 1 rings (SSSR count). The van der Waals surface area contributed by atoms with Crippen LogP contribution in [0.3, 0.4) is 0 Å². The van der Waals surface area contributed by atoms with Crippen LogP contribution in [0.15, 0.2) is 30.3 Å². The van der Waals surface area contributed by atoms with Crippen molar-refractivity contribution in [2.24, 2.45) is 17.4 Å². The number of carbonyl (C=O) groups is 2. The average molecular weight is 376 g/mol. The maximum absolute atomic E-state index is 12.0. The van der Waals surface area contributed by atoms with Crippen LogP contribution < -0.4 is 16.8 Å². The van der Waals surface area contributed by atoms with Gasteiger partial charge in [0.2, 0.25) is 12.2 Å². The second kappa shape index (κ2) is 12.2. The standard InChI is InChI=1S/C20H30N3O4/c1-14(2)11-18(22)19(25)23-16(12-24)9-6-10-17(21)20(26)27-13-15-7-4-3-5-8-15/h3-5,7-8,14,16-18H,6,9-11,13,21-22H2,1-2H3,(H,23,25)/t16-,17?,18-/m0/s1. The first-order valence-corrected chi connectivity index (χ1v) is 9.23. The molecule has 1 radical (unpaired) electrons. The van der Waals surface area contributed by atoms with Gasteiger partial charge >= 0.3 is 5.97 Å². The lowest BCUT2D eigenvalue weighted by atomic mass is 10.0. The second-order valence-electron chi connectivity index (χ2n) is 7.05. The molecule has 0 aliphatic heterocycles. The van der Waals surface area contributed by atoms with Gasteiger partial charge in [-0.2, -0.15) is 0 Å². The topological polar surface area (TPSA) is 125 Å². The van der Waals surface area contributed by atoms with Gasteiger partial charge in [0.05, 0.1) is 12.1 Å². The van der Waals surface area contributed by atoms with Crippen molar-refractivity contribution in [2.45, 2.75) is 64.3 Å². The lowest BCUT2D eigenvalue weighted by Crippen LogP contribution is -2.46. The number of esters is 1. The zero-order valence-corrected chi connectivity index (χ0v) is 16.0. The molecule has 0 aromatic heterocycles. The van der Waals surface area contributed by atoms with Gasteiger partial charge in [-0.25, -0.2) is 0 Å². The highest BCUT2D eigenvalue weighted by Gasteiger charge is 2.20. The zero-order valence-electron chi connectivity index (χ0n) is 16.0. The Morgan fingerprint density at radius 1 is 1.11 bits per heavy atom. The van der Waals surface area contributed by atoms with E-state index in [1.165, 1.54) is 0 Å². The fraction of sp³-hybridized carbons (Fsp3) is 0.550. The smallest absolute Gasteiger partial charge is 0.323 e. The Labute approximate surface area is 160 Å². The molecule has 0 saturated heterocycles. The molecule has 1 amide bonds. The highest BCUT2D eigenvalue weighted by molar-refractivity contribution is 5.84. The Bertz CT molecular complexity index is 592. The number of amides is 1. The summed E-state index contributed by atoms with van der Waals surface area (Å²) in [4.78, 5) is 34.9. The maximum Gasteiger partial charge on any atom is 0.323 e. The minimum absolute atomic E-state index is 0.169. The molecule has 1 aromatic carbocycles. The molecule has 3 atom stereocenters. The van der Waals surface area contributed by atoms with Crippen LogP contribution in [-0.4, -0.2) is 36.3 Å². The number of carbonyl (C=O) groups excluding carboxylic acids is 3. The van der Waals surface area contributed by atoms with E-state index in [2.05, 4.69) is 5.32 Å². The van der Waals surface area contributed by atoms with Crippen LogP contribution in [0, 0.1) is 5.92 Å². The van der Waals surface area contributed by atoms with Crippen LogP contribution in [0.5, 0.6) is 0 Å². The van der Waals surface area contributed by atoms with Gasteiger partial charge in [0, 0.05) is 0 Å². The van der Waals surface area contributed by atoms with E-state index in [-0.39, 0.29) is 18.4 Å². The molecule has 7 nitrogen and oxygen atoms in total. The first-order chi connectivity index (χ1) is 12.8. The van der Waals surface area contributed by atoms with E-state index < -0.39 is 24.1 Å². The van der Waals surface area contributed by atoms with Crippen molar-refractivity contribution in [3.63, 3.8) is 0 Å². The average Bonchev–Trinajstić information content (AvgIpc) is 2.65. The molecule has 0 fully saturated rings. The third-order valence-electron chi connectivity index (χ3n) is 4.06. The number of benzene rings is 1. The van der Waals surface area contributed by atoms with E-state index in [0.29, 0.717) is 25.7 Å². The van der Waals surface area contributed by atoms with Crippen molar-refractivity contribution in [3.05, 3.63) is 35.9 Å². The molecule has 5 N–H and O–H groups in total. The molecular weight excluding hydrogens is 346 g/mol. The van der Waals surface area contributed by atoms with E-state index in [1.54, 1.807) is 6.29 Å². The highest BCUT2D eigenvalue weighted by Crippen LogP contribution is 2.07. The van der Waals surface area contributed by atoms with E-state index in [9.17, 15) is 14.4 Å². The number of rotatable bonds is 12. The summed E-state index contributed by atoms with van der Waals surface area (Å²) in [5.41, 5.74) is 12.5. The van der Waals surface area contributed by atoms with Crippen molar-refractivity contribution in [3.8, 4) is 0 Å². The molecule has 0 spiro atoms. The minimum atomic E-state index is -0.778. The predicted molar refractivity (Wildman–Crippen MR) is 103 cm³/mol. The molecule has 27 heavy (non-hydrogen) atoms. The molecule has 7 heteroatoms. The van der Waals surface area contributed by atoms with Crippen LogP contribution in [0.25, 0.3) is 0 Å². The number of hydrogen-bond donors (Lipinski definition) is 3. The van der Waals surface area contributed by atoms with E-state index in [4.69, 9.17) is 16.2 Å². The molecule has 1 aromatic rings. The van der Waals surface area contributed by atoms with Gasteiger partial charge in [0.15, 0.2) is 0 Å². The maximum atomic E-state index is 12.0. The summed E-state index contributed by atoms with van der Waals surface area (Å²) in [5, 5.41) is 2.58. The molecule has 0 aliphatic carbocycles. The van der Waals surface area contributed by atoms with Crippen molar-refractivity contribution < 1.29 is 19.1 Å². The molecule has 0 aliphatic rings. The van der Waals surface area contributed by atoms with Gasteiger partial charge in [-0.15, -0.1) is 0 Å². The summed E-state index contributed by atoms with van der Waals surface area (Å²) >= 11 is 0. The fourth-order valence-corrected chi connectivity index (χ4v) is 2.55. The van der Waals surface area contributed by atoms with Crippen LogP contribution in [0.4, 0.5) is 0 Å². The monoisotopic (exact) mass is 376 g/mol. The lowest BCUT2D eigenvalue weighted by molar-refractivity contribution is -0.146. The summed E-state index contributed by atoms with van der Waals surface area (Å²) < 4.78 is 5.18. The van der Waals surface area contributed by atoms with E-state index >= 15 is 0 Å².